The van der Waals surface area contributed by atoms with Gasteiger partial charge in [-0.15, -0.1) is 0 Å². The van der Waals surface area contributed by atoms with Gasteiger partial charge in [0.05, 0.1) is 37.7 Å². The molecule has 218 valence electrons. The number of rotatable bonds is 7. The second kappa shape index (κ2) is 11.5. The van der Waals surface area contributed by atoms with Crippen molar-refractivity contribution in [3.8, 4) is 0 Å². The normalized spacial score (nSPS) is 23.0. The van der Waals surface area contributed by atoms with Gasteiger partial charge >= 0.3 is 0 Å². The Morgan fingerprint density at radius 1 is 1.07 bits per heavy atom. The number of hydrogen-bond acceptors (Lipinski definition) is 10. The summed E-state index contributed by atoms with van der Waals surface area (Å²) >= 11 is 0. The Balaban J connectivity index is 1.28. The van der Waals surface area contributed by atoms with Crippen LogP contribution in [0.2, 0.25) is 0 Å². The quantitative estimate of drug-likeness (QED) is 0.435. The molecule has 0 saturated carbocycles. The van der Waals surface area contributed by atoms with Crippen LogP contribution in [0.15, 0.2) is 48.7 Å². The zero-order valence-corrected chi connectivity index (χ0v) is 24.5. The number of benzene rings is 1. The first-order valence-corrected chi connectivity index (χ1v) is 14.6. The van der Waals surface area contributed by atoms with Crippen molar-refractivity contribution in [1.82, 2.24) is 20.3 Å². The maximum atomic E-state index is 6.30. The third kappa shape index (κ3) is 6.30. The lowest BCUT2D eigenvalue weighted by Crippen LogP contribution is -2.37. The van der Waals surface area contributed by atoms with Crippen LogP contribution in [0.5, 0.6) is 0 Å². The summed E-state index contributed by atoms with van der Waals surface area (Å²) in [4.78, 5) is 19.4. The second-order valence-electron chi connectivity index (χ2n) is 12.2. The minimum Gasteiger partial charge on any atom is -0.378 e. The minimum atomic E-state index is -0.304. The van der Waals surface area contributed by atoms with Gasteiger partial charge in [0, 0.05) is 61.3 Å². The molecule has 1 aromatic carbocycles. The van der Waals surface area contributed by atoms with Crippen molar-refractivity contribution in [3.05, 3.63) is 59.9 Å². The summed E-state index contributed by atoms with van der Waals surface area (Å²) in [5.74, 6) is 2.24. The fraction of sp³-hybridized carbons (Fsp3) is 0.516. The van der Waals surface area contributed by atoms with E-state index in [1.165, 1.54) is 5.69 Å². The molecule has 1 unspecified atom stereocenters. The van der Waals surface area contributed by atoms with Crippen LogP contribution >= 0.6 is 0 Å². The molecule has 0 radical (unpaired) electrons. The van der Waals surface area contributed by atoms with Crippen molar-refractivity contribution in [3.63, 3.8) is 0 Å². The molecule has 5 heterocycles. The van der Waals surface area contributed by atoms with E-state index in [0.717, 1.165) is 68.0 Å². The van der Waals surface area contributed by atoms with Crippen molar-refractivity contribution in [1.29, 1.82) is 0 Å². The van der Waals surface area contributed by atoms with E-state index < -0.39 is 0 Å². The van der Waals surface area contributed by atoms with Crippen LogP contribution in [0.25, 0.3) is 0 Å². The summed E-state index contributed by atoms with van der Waals surface area (Å²) in [5, 5.41) is 6.81. The Labute approximate surface area is 242 Å². The largest absolute Gasteiger partial charge is 0.378 e. The number of morpholine rings is 2. The van der Waals surface area contributed by atoms with Crippen molar-refractivity contribution in [2.45, 2.75) is 44.8 Å². The van der Waals surface area contributed by atoms with Crippen LogP contribution in [0.4, 0.5) is 29.0 Å². The number of nitrogens with one attached hydrogen (secondary N) is 2. The second-order valence-corrected chi connectivity index (χ2v) is 12.2. The van der Waals surface area contributed by atoms with Crippen molar-refractivity contribution >= 4 is 29.0 Å². The Hall–Kier alpha value is -3.31. The van der Waals surface area contributed by atoms with Crippen LogP contribution in [0.1, 0.15) is 45.1 Å². The van der Waals surface area contributed by atoms with Crippen LogP contribution in [0.3, 0.4) is 0 Å². The molecular weight excluding hydrogens is 518 g/mol. The van der Waals surface area contributed by atoms with Gasteiger partial charge < -0.3 is 34.6 Å². The smallest absolute Gasteiger partial charge is 0.229 e. The average molecular weight is 560 g/mol. The lowest BCUT2D eigenvalue weighted by molar-refractivity contribution is -0.0252. The number of ether oxygens (including phenoxy) is 3. The Bertz CT molecular complexity index is 1330. The van der Waals surface area contributed by atoms with E-state index in [1.807, 2.05) is 24.4 Å². The predicted molar refractivity (Wildman–Crippen MR) is 161 cm³/mol. The number of aromatic nitrogens is 3. The molecule has 2 atom stereocenters. The number of nitrogens with zero attached hydrogens (tertiary/aromatic N) is 5. The number of pyridine rings is 1. The number of hydrogen-bond donors (Lipinski definition) is 2. The molecular formula is C31H41N7O3. The fourth-order valence-corrected chi connectivity index (χ4v) is 5.49. The molecule has 0 aliphatic carbocycles. The molecule has 3 aliphatic heterocycles. The highest BCUT2D eigenvalue weighted by Gasteiger charge is 2.43. The van der Waals surface area contributed by atoms with Gasteiger partial charge in [-0.1, -0.05) is 13.0 Å². The van der Waals surface area contributed by atoms with E-state index in [9.17, 15) is 0 Å². The van der Waals surface area contributed by atoms with Crippen molar-refractivity contribution < 1.29 is 14.2 Å². The number of anilines is 5. The van der Waals surface area contributed by atoms with Crippen molar-refractivity contribution in [2.75, 3.05) is 74.3 Å². The molecule has 10 nitrogen and oxygen atoms in total. The first kappa shape index (κ1) is 27.8. The minimum absolute atomic E-state index is 0.0653. The van der Waals surface area contributed by atoms with Crippen molar-refractivity contribution in [2.24, 2.45) is 0 Å². The first-order valence-electron chi connectivity index (χ1n) is 14.6. The molecule has 41 heavy (non-hydrogen) atoms. The third-order valence-electron chi connectivity index (χ3n) is 7.80. The van der Waals surface area contributed by atoms with E-state index in [2.05, 4.69) is 72.4 Å². The molecule has 2 saturated heterocycles. The van der Waals surface area contributed by atoms with Gasteiger partial charge in [-0.2, -0.15) is 4.98 Å². The van der Waals surface area contributed by atoms with Crippen LogP contribution < -0.4 is 20.4 Å². The molecule has 6 rings (SSSR count). The van der Waals surface area contributed by atoms with E-state index in [1.54, 1.807) is 0 Å². The molecule has 3 aliphatic rings. The van der Waals surface area contributed by atoms with Gasteiger partial charge in [0.25, 0.3) is 0 Å². The molecule has 2 N–H and O–H groups in total. The zero-order chi connectivity index (χ0) is 28.5. The average Bonchev–Trinajstić information content (AvgIpc) is 3.29. The highest BCUT2D eigenvalue weighted by atomic mass is 16.5. The first-order chi connectivity index (χ1) is 19.8. The van der Waals surface area contributed by atoms with E-state index in [0.29, 0.717) is 25.7 Å². The highest BCUT2D eigenvalue weighted by molar-refractivity contribution is 5.69. The summed E-state index contributed by atoms with van der Waals surface area (Å²) in [6.45, 7) is 15.4. The molecule has 0 amide bonds. The van der Waals surface area contributed by atoms with Crippen LogP contribution in [-0.2, 0) is 19.6 Å². The SMILES string of the molecule is CC(C)(C)OC[C@]1(C)CN(c2cccc(C3CNCCO3)n2)c2nc(Nc3ccc(N4CCOCC4)cc3)ncc21. The maximum absolute atomic E-state index is 6.30. The molecule has 2 aromatic heterocycles. The molecule has 2 fully saturated rings. The molecule has 0 spiro atoms. The lowest BCUT2D eigenvalue weighted by atomic mass is 9.87. The zero-order valence-electron chi connectivity index (χ0n) is 24.5. The van der Waals surface area contributed by atoms with Gasteiger partial charge in [0.1, 0.15) is 17.7 Å². The molecule has 0 bridgehead atoms. The van der Waals surface area contributed by atoms with Gasteiger partial charge in [-0.05, 0) is 57.2 Å². The van der Waals surface area contributed by atoms with Crippen LogP contribution in [0, 0.1) is 0 Å². The summed E-state index contributed by atoms with van der Waals surface area (Å²) in [7, 11) is 0. The summed E-state index contributed by atoms with van der Waals surface area (Å²) < 4.78 is 17.8. The molecule has 3 aromatic rings. The summed E-state index contributed by atoms with van der Waals surface area (Å²) in [5.41, 5.74) is 3.54. The number of fused-ring (bicyclic) bond motifs is 1. The van der Waals surface area contributed by atoms with Gasteiger partial charge in [0.2, 0.25) is 5.95 Å². The Kier molecular flexibility index (Phi) is 7.82. The van der Waals surface area contributed by atoms with Gasteiger partial charge in [0.15, 0.2) is 0 Å². The summed E-state index contributed by atoms with van der Waals surface area (Å²) in [6.07, 6.45) is 1.88. The van der Waals surface area contributed by atoms with Gasteiger partial charge in [-0.25, -0.2) is 9.97 Å². The van der Waals surface area contributed by atoms with E-state index >= 15 is 0 Å². The Morgan fingerprint density at radius 2 is 1.88 bits per heavy atom. The highest BCUT2D eigenvalue weighted by Crippen LogP contribution is 2.44. The standard InChI is InChI=1S/C31H41N7O3/c1-30(2,3)41-21-31(4)20-38(27-7-5-6-25(35-27)26-19-32-12-15-40-26)28-24(31)18-33-29(36-28)34-22-8-10-23(11-9-22)37-13-16-39-17-14-37/h5-11,18,26,32H,12-17,19-21H2,1-4H3,(H,33,34,36)/t26?,31-/m0/s1. The Morgan fingerprint density at radius 3 is 2.61 bits per heavy atom. The van der Waals surface area contributed by atoms with Gasteiger partial charge in [-0.3, -0.25) is 0 Å². The predicted octanol–water partition coefficient (Wildman–Crippen LogP) is 4.34. The third-order valence-corrected chi connectivity index (χ3v) is 7.80. The van der Waals surface area contributed by atoms with E-state index in [-0.39, 0.29) is 17.1 Å². The van der Waals surface area contributed by atoms with E-state index in [4.69, 9.17) is 29.2 Å². The topological polar surface area (TPSA) is 96.9 Å². The lowest BCUT2D eigenvalue weighted by Gasteiger charge is -2.30. The molecule has 10 heteroatoms. The monoisotopic (exact) mass is 559 g/mol. The fourth-order valence-electron chi connectivity index (χ4n) is 5.49. The van der Waals surface area contributed by atoms with Crippen LogP contribution in [-0.4, -0.2) is 79.7 Å². The maximum Gasteiger partial charge on any atom is 0.229 e. The summed E-state index contributed by atoms with van der Waals surface area (Å²) in [6, 6.07) is 14.5.